The highest BCUT2D eigenvalue weighted by atomic mass is 16.5. The third kappa shape index (κ3) is 2.25. The van der Waals surface area contributed by atoms with Crippen molar-refractivity contribution in [2.75, 3.05) is 6.61 Å². The van der Waals surface area contributed by atoms with Crippen molar-refractivity contribution in [2.24, 2.45) is 11.1 Å². The van der Waals surface area contributed by atoms with Crippen molar-refractivity contribution in [3.05, 3.63) is 0 Å². The van der Waals surface area contributed by atoms with Gasteiger partial charge in [-0.3, -0.25) is 9.59 Å². The van der Waals surface area contributed by atoms with Crippen LogP contribution >= 0.6 is 0 Å². The van der Waals surface area contributed by atoms with Gasteiger partial charge < -0.3 is 10.5 Å². The predicted octanol–water partition coefficient (Wildman–Crippen LogP) is 0.985. The maximum Gasteiger partial charge on any atom is 0.306 e. The molecule has 4 heteroatoms. The van der Waals surface area contributed by atoms with Gasteiger partial charge in [0.25, 0.3) is 0 Å². The van der Waals surface area contributed by atoms with Gasteiger partial charge in [0.2, 0.25) is 5.91 Å². The first-order valence-electron chi connectivity index (χ1n) is 5.06. The minimum atomic E-state index is -0.619. The van der Waals surface area contributed by atoms with E-state index in [0.29, 0.717) is 6.61 Å². The molecule has 2 N–H and O–H groups in total. The fraction of sp³-hybridized carbons (Fsp3) is 0.800. The van der Waals surface area contributed by atoms with Crippen molar-refractivity contribution in [1.82, 2.24) is 0 Å². The first kappa shape index (κ1) is 11.0. The molecule has 80 valence electrons. The lowest BCUT2D eigenvalue weighted by atomic mass is 9.82. The van der Waals surface area contributed by atoms with E-state index in [9.17, 15) is 9.59 Å². The number of esters is 1. The van der Waals surface area contributed by atoms with Gasteiger partial charge in [-0.2, -0.15) is 0 Å². The summed E-state index contributed by atoms with van der Waals surface area (Å²) in [6.45, 7) is 2.11. The second-order valence-electron chi connectivity index (χ2n) is 3.83. The second-order valence-corrected chi connectivity index (χ2v) is 3.83. The Labute approximate surface area is 83.8 Å². The van der Waals surface area contributed by atoms with Gasteiger partial charge in [0.15, 0.2) is 0 Å². The molecule has 0 saturated heterocycles. The standard InChI is InChI=1S/C10H17NO3/c1-2-14-8(12)7-10(9(11)13)5-3-4-6-10/h2-7H2,1H3,(H2,11,13). The summed E-state index contributed by atoms with van der Waals surface area (Å²) in [5, 5.41) is 0. The second kappa shape index (κ2) is 4.44. The molecule has 0 bridgehead atoms. The third-order valence-corrected chi connectivity index (χ3v) is 2.87. The number of carbonyl (C=O) groups excluding carboxylic acids is 2. The first-order chi connectivity index (χ1) is 6.60. The molecular formula is C10H17NO3. The van der Waals surface area contributed by atoms with Crippen LogP contribution in [-0.4, -0.2) is 18.5 Å². The molecule has 0 aromatic carbocycles. The molecule has 0 atom stereocenters. The van der Waals surface area contributed by atoms with Crippen molar-refractivity contribution in [3.63, 3.8) is 0 Å². The Morgan fingerprint density at radius 1 is 1.36 bits per heavy atom. The fourth-order valence-corrected chi connectivity index (χ4v) is 2.05. The Morgan fingerprint density at radius 2 is 1.93 bits per heavy atom. The number of amides is 1. The number of rotatable bonds is 4. The molecule has 1 rings (SSSR count). The highest BCUT2D eigenvalue weighted by Crippen LogP contribution is 2.40. The Bertz CT molecular complexity index is 232. The Hall–Kier alpha value is -1.06. The summed E-state index contributed by atoms with van der Waals surface area (Å²) in [4.78, 5) is 22.6. The van der Waals surface area contributed by atoms with Gasteiger partial charge >= 0.3 is 5.97 Å². The molecule has 0 heterocycles. The van der Waals surface area contributed by atoms with Crippen LogP contribution in [0.25, 0.3) is 0 Å². The van der Waals surface area contributed by atoms with Gasteiger partial charge in [0, 0.05) is 0 Å². The van der Waals surface area contributed by atoms with Crippen LogP contribution in [0, 0.1) is 5.41 Å². The van der Waals surface area contributed by atoms with Crippen LogP contribution in [0.3, 0.4) is 0 Å². The van der Waals surface area contributed by atoms with E-state index in [4.69, 9.17) is 10.5 Å². The molecule has 1 aliphatic rings. The quantitative estimate of drug-likeness (QED) is 0.686. The summed E-state index contributed by atoms with van der Waals surface area (Å²) in [5.74, 6) is -0.670. The van der Waals surface area contributed by atoms with Crippen LogP contribution in [0.5, 0.6) is 0 Å². The van der Waals surface area contributed by atoms with Crippen LogP contribution < -0.4 is 5.73 Å². The molecule has 1 saturated carbocycles. The summed E-state index contributed by atoms with van der Waals surface area (Å²) >= 11 is 0. The highest BCUT2D eigenvalue weighted by molar-refractivity contribution is 5.86. The third-order valence-electron chi connectivity index (χ3n) is 2.87. The molecule has 1 fully saturated rings. The summed E-state index contributed by atoms with van der Waals surface area (Å²) in [6.07, 6.45) is 3.54. The number of hydrogen-bond acceptors (Lipinski definition) is 3. The van der Waals surface area contributed by atoms with Crippen molar-refractivity contribution in [1.29, 1.82) is 0 Å². The minimum Gasteiger partial charge on any atom is -0.466 e. The molecular weight excluding hydrogens is 182 g/mol. The predicted molar refractivity (Wildman–Crippen MR) is 51.3 cm³/mol. The average Bonchev–Trinajstić information content (AvgIpc) is 2.54. The summed E-state index contributed by atoms with van der Waals surface area (Å²) < 4.78 is 4.83. The van der Waals surface area contributed by atoms with Gasteiger partial charge in [0.1, 0.15) is 0 Å². The van der Waals surface area contributed by atoms with Crippen molar-refractivity contribution in [2.45, 2.75) is 39.0 Å². The molecule has 0 aliphatic heterocycles. The number of carbonyl (C=O) groups is 2. The molecule has 0 spiro atoms. The van der Waals surface area contributed by atoms with Crippen LogP contribution in [0.15, 0.2) is 0 Å². The highest BCUT2D eigenvalue weighted by Gasteiger charge is 2.41. The zero-order valence-electron chi connectivity index (χ0n) is 8.54. The monoisotopic (exact) mass is 199 g/mol. The van der Waals surface area contributed by atoms with E-state index in [1.165, 1.54) is 0 Å². The summed E-state index contributed by atoms with van der Waals surface area (Å²) in [6, 6.07) is 0. The Balaban J connectivity index is 2.60. The topological polar surface area (TPSA) is 69.4 Å². The smallest absolute Gasteiger partial charge is 0.306 e. The lowest BCUT2D eigenvalue weighted by Gasteiger charge is -2.23. The maximum atomic E-state index is 11.3. The number of hydrogen-bond donors (Lipinski definition) is 1. The largest absolute Gasteiger partial charge is 0.466 e. The van der Waals surface area contributed by atoms with Crippen molar-refractivity contribution >= 4 is 11.9 Å². The van der Waals surface area contributed by atoms with Gasteiger partial charge in [-0.15, -0.1) is 0 Å². The van der Waals surface area contributed by atoms with Crippen LogP contribution in [0.4, 0.5) is 0 Å². The zero-order chi connectivity index (χ0) is 10.6. The fourth-order valence-electron chi connectivity index (χ4n) is 2.05. The average molecular weight is 199 g/mol. The Kier molecular flexibility index (Phi) is 3.49. The molecule has 0 unspecified atom stereocenters. The molecule has 1 amide bonds. The first-order valence-corrected chi connectivity index (χ1v) is 5.06. The Morgan fingerprint density at radius 3 is 2.36 bits per heavy atom. The molecule has 0 aromatic rings. The lowest BCUT2D eigenvalue weighted by molar-refractivity contribution is -0.149. The van der Waals surface area contributed by atoms with Gasteiger partial charge in [-0.1, -0.05) is 12.8 Å². The van der Waals surface area contributed by atoms with Gasteiger partial charge in [-0.05, 0) is 19.8 Å². The van der Waals surface area contributed by atoms with Crippen molar-refractivity contribution in [3.8, 4) is 0 Å². The van der Waals surface area contributed by atoms with Crippen LogP contribution in [0.2, 0.25) is 0 Å². The molecule has 1 aliphatic carbocycles. The lowest BCUT2D eigenvalue weighted by Crippen LogP contribution is -2.37. The van der Waals surface area contributed by atoms with Crippen LogP contribution in [-0.2, 0) is 14.3 Å². The molecule has 0 aromatic heterocycles. The SMILES string of the molecule is CCOC(=O)CC1(C(N)=O)CCCC1. The van der Waals surface area contributed by atoms with E-state index in [1.807, 2.05) is 0 Å². The van der Waals surface area contributed by atoms with E-state index in [1.54, 1.807) is 6.92 Å². The normalized spacial score (nSPS) is 19.2. The van der Waals surface area contributed by atoms with E-state index in [2.05, 4.69) is 0 Å². The minimum absolute atomic E-state index is 0.149. The number of primary amides is 1. The zero-order valence-corrected chi connectivity index (χ0v) is 8.54. The van der Waals surface area contributed by atoms with Crippen LogP contribution in [0.1, 0.15) is 39.0 Å². The molecule has 0 radical (unpaired) electrons. The van der Waals surface area contributed by atoms with Gasteiger partial charge in [-0.25, -0.2) is 0 Å². The van der Waals surface area contributed by atoms with E-state index in [-0.39, 0.29) is 18.3 Å². The molecule has 14 heavy (non-hydrogen) atoms. The van der Waals surface area contributed by atoms with Gasteiger partial charge in [0.05, 0.1) is 18.4 Å². The van der Waals surface area contributed by atoms with E-state index >= 15 is 0 Å². The summed E-state index contributed by atoms with van der Waals surface area (Å²) in [7, 11) is 0. The number of ether oxygens (including phenoxy) is 1. The van der Waals surface area contributed by atoms with E-state index in [0.717, 1.165) is 25.7 Å². The number of nitrogens with two attached hydrogens (primary N) is 1. The van der Waals surface area contributed by atoms with E-state index < -0.39 is 5.41 Å². The maximum absolute atomic E-state index is 11.3. The summed E-state index contributed by atoms with van der Waals surface area (Å²) in [5.41, 5.74) is 4.71. The van der Waals surface area contributed by atoms with Crippen molar-refractivity contribution < 1.29 is 14.3 Å². The molecule has 4 nitrogen and oxygen atoms in total.